The normalized spacial score (nSPS) is 10.1. The highest BCUT2D eigenvalue weighted by atomic mass is 35.5. The van der Waals surface area contributed by atoms with Crippen LogP contribution in [0.2, 0.25) is 5.02 Å². The number of anilines is 1. The molecule has 1 aromatic heterocycles. The molecule has 0 aliphatic rings. The van der Waals surface area contributed by atoms with Crippen molar-refractivity contribution in [3.05, 3.63) is 58.4 Å². The minimum atomic E-state index is -1.14. The summed E-state index contributed by atoms with van der Waals surface area (Å²) in [6.07, 6.45) is 1.22. The number of carbonyl (C=O) groups excluding carboxylic acids is 1. The maximum absolute atomic E-state index is 12.0. The predicted molar refractivity (Wildman–Crippen MR) is 75.3 cm³/mol. The number of amides is 1. The van der Waals surface area contributed by atoms with Crippen molar-refractivity contribution < 1.29 is 14.7 Å². The molecular formula is C14H11ClN2O3. The first-order valence-corrected chi connectivity index (χ1v) is 6.12. The van der Waals surface area contributed by atoms with Gasteiger partial charge in [0.15, 0.2) is 0 Å². The van der Waals surface area contributed by atoms with Crippen molar-refractivity contribution in [3.8, 4) is 0 Å². The van der Waals surface area contributed by atoms with Crippen molar-refractivity contribution in [2.75, 3.05) is 5.32 Å². The topological polar surface area (TPSA) is 79.3 Å². The molecule has 0 saturated heterocycles. The van der Waals surface area contributed by atoms with Gasteiger partial charge in [0.2, 0.25) is 0 Å². The molecule has 2 N–H and O–H groups in total. The molecule has 0 atom stereocenters. The number of aromatic nitrogens is 1. The zero-order chi connectivity index (χ0) is 14.7. The Balaban J connectivity index is 2.19. The van der Waals surface area contributed by atoms with Gasteiger partial charge in [0.05, 0.1) is 5.56 Å². The summed E-state index contributed by atoms with van der Waals surface area (Å²) in [5.41, 5.74) is 1.64. The molecule has 2 aromatic rings. The Labute approximate surface area is 120 Å². The summed E-state index contributed by atoms with van der Waals surface area (Å²) in [7, 11) is 0. The van der Waals surface area contributed by atoms with Crippen LogP contribution >= 0.6 is 11.6 Å². The summed E-state index contributed by atoms with van der Waals surface area (Å²) in [6, 6.07) is 7.86. The number of rotatable bonds is 3. The van der Waals surface area contributed by atoms with Gasteiger partial charge in [-0.3, -0.25) is 4.79 Å². The Morgan fingerprint density at radius 3 is 2.60 bits per heavy atom. The number of carboxylic acid groups (broad SMARTS) is 1. The highest BCUT2D eigenvalue weighted by Crippen LogP contribution is 2.20. The molecule has 0 bridgehead atoms. The Hall–Kier alpha value is -2.40. The first kappa shape index (κ1) is 14.0. The number of hydrogen-bond donors (Lipinski definition) is 2. The molecule has 5 nitrogen and oxygen atoms in total. The van der Waals surface area contributed by atoms with E-state index < -0.39 is 5.97 Å². The molecule has 0 aliphatic carbocycles. The molecule has 0 fully saturated rings. The summed E-state index contributed by atoms with van der Waals surface area (Å²) in [6.45, 7) is 1.84. The third-order valence-electron chi connectivity index (χ3n) is 2.69. The number of aromatic carboxylic acids is 1. The fraction of sp³-hybridized carbons (Fsp3) is 0.0714. The van der Waals surface area contributed by atoms with E-state index >= 15 is 0 Å². The second-order valence-electron chi connectivity index (χ2n) is 4.15. The van der Waals surface area contributed by atoms with Crippen molar-refractivity contribution in [2.45, 2.75) is 6.92 Å². The summed E-state index contributed by atoms with van der Waals surface area (Å²) < 4.78 is 0. The Morgan fingerprint density at radius 2 is 2.00 bits per heavy atom. The first-order chi connectivity index (χ1) is 9.47. The minimum absolute atomic E-state index is 0.111. The quantitative estimate of drug-likeness (QED) is 0.911. The third-order valence-corrected chi connectivity index (χ3v) is 2.93. The minimum Gasteiger partial charge on any atom is -0.477 e. The molecule has 1 heterocycles. The molecule has 0 saturated carbocycles. The number of hydrogen-bond acceptors (Lipinski definition) is 3. The number of carboxylic acids is 1. The van der Waals surface area contributed by atoms with Gasteiger partial charge in [0.1, 0.15) is 5.69 Å². The Kier molecular flexibility index (Phi) is 4.00. The molecule has 0 radical (unpaired) electrons. The summed E-state index contributed by atoms with van der Waals surface area (Å²) in [4.78, 5) is 26.4. The Bertz CT molecular complexity index is 669. The van der Waals surface area contributed by atoms with Crippen LogP contribution in [0.15, 0.2) is 36.5 Å². The number of carbonyl (C=O) groups is 2. The van der Waals surface area contributed by atoms with Crippen LogP contribution in [0.25, 0.3) is 0 Å². The van der Waals surface area contributed by atoms with Gasteiger partial charge >= 0.3 is 5.97 Å². The average molecular weight is 291 g/mol. The molecule has 0 aliphatic heterocycles. The van der Waals surface area contributed by atoms with E-state index in [9.17, 15) is 9.59 Å². The van der Waals surface area contributed by atoms with E-state index in [1.54, 1.807) is 18.2 Å². The van der Waals surface area contributed by atoms with Gasteiger partial charge in [-0.1, -0.05) is 17.7 Å². The molecule has 6 heteroatoms. The standard InChI is InChI=1S/C14H11ClN2O3/c1-8-2-4-10(15)6-12(8)17-13(18)9-3-5-11(14(19)20)16-7-9/h2-7H,1H3,(H,17,18)(H,19,20). The van der Waals surface area contributed by atoms with Gasteiger partial charge in [-0.05, 0) is 36.8 Å². The van der Waals surface area contributed by atoms with Gasteiger partial charge in [0.25, 0.3) is 5.91 Å². The molecular weight excluding hydrogens is 280 g/mol. The van der Waals surface area contributed by atoms with Crippen LogP contribution in [-0.2, 0) is 0 Å². The number of pyridine rings is 1. The van der Waals surface area contributed by atoms with Crippen LogP contribution in [0.4, 0.5) is 5.69 Å². The first-order valence-electron chi connectivity index (χ1n) is 5.74. The van der Waals surface area contributed by atoms with Crippen LogP contribution in [0.1, 0.15) is 26.4 Å². The van der Waals surface area contributed by atoms with Crippen LogP contribution in [-0.4, -0.2) is 22.0 Å². The lowest BCUT2D eigenvalue weighted by Gasteiger charge is -2.08. The van der Waals surface area contributed by atoms with Gasteiger partial charge in [-0.25, -0.2) is 9.78 Å². The van der Waals surface area contributed by atoms with Gasteiger partial charge in [-0.15, -0.1) is 0 Å². The van der Waals surface area contributed by atoms with Crippen LogP contribution in [0.3, 0.4) is 0 Å². The lowest BCUT2D eigenvalue weighted by Crippen LogP contribution is -2.13. The van der Waals surface area contributed by atoms with Crippen LogP contribution < -0.4 is 5.32 Å². The van der Waals surface area contributed by atoms with E-state index in [0.29, 0.717) is 10.7 Å². The maximum atomic E-state index is 12.0. The van der Waals surface area contributed by atoms with Gasteiger partial charge in [0, 0.05) is 16.9 Å². The maximum Gasteiger partial charge on any atom is 0.354 e. The van der Waals surface area contributed by atoms with Crippen molar-refractivity contribution in [2.24, 2.45) is 0 Å². The lowest BCUT2D eigenvalue weighted by molar-refractivity contribution is 0.0690. The fourth-order valence-electron chi connectivity index (χ4n) is 1.58. The van der Waals surface area contributed by atoms with Gasteiger partial charge in [-0.2, -0.15) is 0 Å². The predicted octanol–water partition coefficient (Wildman–Crippen LogP) is 2.99. The number of aryl methyl sites for hydroxylation is 1. The van der Waals surface area contributed by atoms with Crippen LogP contribution in [0, 0.1) is 6.92 Å². The molecule has 1 amide bonds. The van der Waals surface area contributed by atoms with E-state index in [2.05, 4.69) is 10.3 Å². The van der Waals surface area contributed by atoms with E-state index in [4.69, 9.17) is 16.7 Å². The molecule has 1 aromatic carbocycles. The van der Waals surface area contributed by atoms with Crippen molar-refractivity contribution >= 4 is 29.2 Å². The van der Waals surface area contributed by atoms with E-state index in [1.807, 2.05) is 6.92 Å². The molecule has 102 valence electrons. The smallest absolute Gasteiger partial charge is 0.354 e. The second kappa shape index (κ2) is 5.71. The summed E-state index contributed by atoms with van der Waals surface area (Å²) in [5, 5.41) is 12.0. The number of benzene rings is 1. The van der Waals surface area contributed by atoms with E-state index in [0.717, 1.165) is 5.56 Å². The van der Waals surface area contributed by atoms with E-state index in [1.165, 1.54) is 18.3 Å². The lowest BCUT2D eigenvalue weighted by atomic mass is 10.2. The largest absolute Gasteiger partial charge is 0.477 e. The zero-order valence-corrected chi connectivity index (χ0v) is 11.3. The second-order valence-corrected chi connectivity index (χ2v) is 4.59. The number of halogens is 1. The fourth-order valence-corrected chi connectivity index (χ4v) is 1.75. The Morgan fingerprint density at radius 1 is 1.25 bits per heavy atom. The summed E-state index contributed by atoms with van der Waals surface area (Å²) in [5.74, 6) is -1.51. The van der Waals surface area contributed by atoms with Crippen molar-refractivity contribution in [1.29, 1.82) is 0 Å². The molecule has 0 unspecified atom stereocenters. The zero-order valence-electron chi connectivity index (χ0n) is 10.6. The number of nitrogens with zero attached hydrogens (tertiary/aromatic N) is 1. The molecule has 20 heavy (non-hydrogen) atoms. The van der Waals surface area contributed by atoms with Crippen molar-refractivity contribution in [3.63, 3.8) is 0 Å². The van der Waals surface area contributed by atoms with Crippen molar-refractivity contribution in [1.82, 2.24) is 4.98 Å². The van der Waals surface area contributed by atoms with Gasteiger partial charge < -0.3 is 10.4 Å². The monoisotopic (exact) mass is 290 g/mol. The molecule has 0 spiro atoms. The number of nitrogens with one attached hydrogen (secondary N) is 1. The molecule has 2 rings (SSSR count). The third kappa shape index (κ3) is 3.13. The summed E-state index contributed by atoms with van der Waals surface area (Å²) >= 11 is 5.87. The highest BCUT2D eigenvalue weighted by Gasteiger charge is 2.10. The SMILES string of the molecule is Cc1ccc(Cl)cc1NC(=O)c1ccc(C(=O)O)nc1. The van der Waals surface area contributed by atoms with E-state index in [-0.39, 0.29) is 17.2 Å². The average Bonchev–Trinajstić information content (AvgIpc) is 2.43. The van der Waals surface area contributed by atoms with Crippen LogP contribution in [0.5, 0.6) is 0 Å². The highest BCUT2D eigenvalue weighted by molar-refractivity contribution is 6.31.